The van der Waals surface area contributed by atoms with E-state index in [1.54, 1.807) is 36.4 Å². The number of benzene rings is 1. The zero-order valence-electron chi connectivity index (χ0n) is 13.9. The number of carbonyl (C=O) groups is 1. The van der Waals surface area contributed by atoms with Gasteiger partial charge in [0.1, 0.15) is 11.5 Å². The minimum Gasteiger partial charge on any atom is -0.462 e. The van der Waals surface area contributed by atoms with Crippen LogP contribution in [-0.4, -0.2) is 20.4 Å². The van der Waals surface area contributed by atoms with Crippen molar-refractivity contribution in [1.82, 2.24) is 10.0 Å². The highest BCUT2D eigenvalue weighted by Gasteiger charge is 2.27. The third-order valence-corrected chi connectivity index (χ3v) is 5.30. The second-order valence-electron chi connectivity index (χ2n) is 6.04. The van der Waals surface area contributed by atoms with E-state index in [0.717, 1.165) is 24.2 Å². The summed E-state index contributed by atoms with van der Waals surface area (Å²) in [6.07, 6.45) is 4.79. The molecule has 0 radical (unpaired) electrons. The number of hydrogen-bond donors (Lipinski definition) is 2. The first-order valence-corrected chi connectivity index (χ1v) is 9.54. The summed E-state index contributed by atoms with van der Waals surface area (Å²) in [4.78, 5) is 12.0. The number of sulfonamides is 1. The van der Waals surface area contributed by atoms with Crippen molar-refractivity contribution in [3.63, 3.8) is 0 Å². The Balaban J connectivity index is 1.52. The van der Waals surface area contributed by atoms with Gasteiger partial charge in [-0.2, -0.15) is 0 Å². The topological polar surface area (TPSA) is 88.4 Å². The summed E-state index contributed by atoms with van der Waals surface area (Å²) in [6.45, 7) is 2.15. The molecule has 6 nitrogen and oxygen atoms in total. The van der Waals surface area contributed by atoms with Gasteiger partial charge in [0.25, 0.3) is 0 Å². The van der Waals surface area contributed by atoms with Crippen LogP contribution in [0.2, 0.25) is 0 Å². The molecule has 7 heteroatoms. The van der Waals surface area contributed by atoms with Gasteiger partial charge in [-0.25, -0.2) is 13.1 Å². The fourth-order valence-electron chi connectivity index (χ4n) is 2.22. The van der Waals surface area contributed by atoms with Gasteiger partial charge in [-0.15, -0.1) is 0 Å². The first-order chi connectivity index (χ1) is 11.9. The minimum atomic E-state index is -3.44. The Kier molecular flexibility index (Phi) is 5.06. The Morgan fingerprint density at radius 1 is 1.20 bits per heavy atom. The van der Waals surface area contributed by atoms with Crippen LogP contribution in [-0.2, 0) is 21.4 Å². The smallest absolute Gasteiger partial charge is 0.244 e. The van der Waals surface area contributed by atoms with Crippen molar-refractivity contribution in [2.45, 2.75) is 37.2 Å². The van der Waals surface area contributed by atoms with Crippen molar-refractivity contribution in [2.75, 3.05) is 0 Å². The van der Waals surface area contributed by atoms with Crippen molar-refractivity contribution in [1.29, 1.82) is 0 Å². The van der Waals surface area contributed by atoms with Crippen molar-refractivity contribution in [3.05, 3.63) is 59.6 Å². The maximum Gasteiger partial charge on any atom is 0.244 e. The predicted octanol–water partition coefficient (Wildman–Crippen LogP) is 2.36. The Hall–Kier alpha value is -2.38. The van der Waals surface area contributed by atoms with Crippen LogP contribution in [0.3, 0.4) is 0 Å². The molecule has 1 fully saturated rings. The molecule has 0 saturated heterocycles. The molecule has 132 valence electrons. The molecule has 0 unspecified atom stereocenters. The van der Waals surface area contributed by atoms with E-state index in [0.29, 0.717) is 12.3 Å². The Bertz CT molecular complexity index is 878. The maximum absolute atomic E-state index is 12.1. The van der Waals surface area contributed by atoms with Crippen LogP contribution in [0, 0.1) is 6.92 Å². The molecule has 1 aromatic heterocycles. The number of rotatable bonds is 7. The number of aryl methyl sites for hydroxylation is 1. The summed E-state index contributed by atoms with van der Waals surface area (Å²) in [7, 11) is -3.44. The monoisotopic (exact) mass is 360 g/mol. The molecule has 1 aromatic carbocycles. The molecule has 1 heterocycles. The lowest BCUT2D eigenvalue weighted by Gasteiger charge is -2.07. The van der Waals surface area contributed by atoms with E-state index >= 15 is 0 Å². The van der Waals surface area contributed by atoms with Gasteiger partial charge in [0.05, 0.1) is 4.90 Å². The fraction of sp³-hybridized carbons (Fsp3) is 0.278. The standard InChI is InChI=1S/C18H20N2O4S/c1-13-2-7-16(24-13)8-11-18(21)19-12-14-3-9-17(10-4-14)25(22,23)20-15-5-6-15/h2-4,7-11,15,20H,5-6,12H2,1H3,(H,19,21)/b11-8-. The lowest BCUT2D eigenvalue weighted by atomic mass is 10.2. The molecule has 1 amide bonds. The molecule has 1 aliphatic rings. The van der Waals surface area contributed by atoms with E-state index in [-0.39, 0.29) is 16.8 Å². The summed E-state index contributed by atoms with van der Waals surface area (Å²) < 4.78 is 32.1. The van der Waals surface area contributed by atoms with Gasteiger partial charge in [0, 0.05) is 18.7 Å². The summed E-state index contributed by atoms with van der Waals surface area (Å²) in [5, 5.41) is 2.74. The zero-order valence-corrected chi connectivity index (χ0v) is 14.7. The molecular weight excluding hydrogens is 340 g/mol. The number of carbonyl (C=O) groups excluding carboxylic acids is 1. The Labute approximate surface area is 147 Å². The highest BCUT2D eigenvalue weighted by atomic mass is 32.2. The second-order valence-corrected chi connectivity index (χ2v) is 7.75. The SMILES string of the molecule is Cc1ccc(/C=C\C(=O)NCc2ccc(S(=O)(=O)NC3CC3)cc2)o1. The van der Waals surface area contributed by atoms with E-state index in [9.17, 15) is 13.2 Å². The third kappa shape index (κ3) is 5.04. The largest absolute Gasteiger partial charge is 0.462 e. The maximum atomic E-state index is 12.1. The van der Waals surface area contributed by atoms with Crippen molar-refractivity contribution in [2.24, 2.45) is 0 Å². The quantitative estimate of drug-likeness (QED) is 0.742. The van der Waals surface area contributed by atoms with E-state index in [4.69, 9.17) is 4.42 Å². The Morgan fingerprint density at radius 2 is 1.92 bits per heavy atom. The molecule has 2 N–H and O–H groups in total. The average molecular weight is 360 g/mol. The highest BCUT2D eigenvalue weighted by Crippen LogP contribution is 2.22. The molecule has 0 atom stereocenters. The molecule has 0 aliphatic heterocycles. The fourth-order valence-corrected chi connectivity index (χ4v) is 3.53. The number of hydrogen-bond acceptors (Lipinski definition) is 4. The normalized spacial score (nSPS) is 14.8. The van der Waals surface area contributed by atoms with E-state index in [1.165, 1.54) is 6.08 Å². The second kappa shape index (κ2) is 7.25. The van der Waals surface area contributed by atoms with Crippen LogP contribution >= 0.6 is 0 Å². The summed E-state index contributed by atoms with van der Waals surface area (Å²) >= 11 is 0. The molecule has 1 aliphatic carbocycles. The molecule has 0 bridgehead atoms. The van der Waals surface area contributed by atoms with E-state index in [1.807, 2.05) is 13.0 Å². The third-order valence-electron chi connectivity index (χ3n) is 3.76. The van der Waals surface area contributed by atoms with Crippen LogP contribution in [0.1, 0.15) is 29.9 Å². The van der Waals surface area contributed by atoms with Crippen LogP contribution in [0.25, 0.3) is 6.08 Å². The van der Waals surface area contributed by atoms with Crippen LogP contribution in [0.5, 0.6) is 0 Å². The number of furan rings is 1. The molecule has 0 spiro atoms. The van der Waals surface area contributed by atoms with Gasteiger partial charge in [-0.05, 0) is 55.7 Å². The molecule has 25 heavy (non-hydrogen) atoms. The summed E-state index contributed by atoms with van der Waals surface area (Å²) in [6, 6.07) is 10.2. The lowest BCUT2D eigenvalue weighted by molar-refractivity contribution is -0.116. The summed E-state index contributed by atoms with van der Waals surface area (Å²) in [5.41, 5.74) is 0.820. The average Bonchev–Trinajstić information content (AvgIpc) is 3.29. The van der Waals surface area contributed by atoms with Gasteiger partial charge < -0.3 is 9.73 Å². The van der Waals surface area contributed by atoms with Gasteiger partial charge in [-0.3, -0.25) is 4.79 Å². The zero-order chi connectivity index (χ0) is 17.9. The molecule has 3 rings (SSSR count). The predicted molar refractivity (Wildman–Crippen MR) is 94.1 cm³/mol. The molecule has 1 saturated carbocycles. The Morgan fingerprint density at radius 3 is 2.52 bits per heavy atom. The van der Waals surface area contributed by atoms with Gasteiger partial charge in [-0.1, -0.05) is 12.1 Å². The first kappa shape index (κ1) is 17.4. The van der Waals surface area contributed by atoms with Crippen LogP contribution in [0.4, 0.5) is 0 Å². The molecule has 2 aromatic rings. The number of amides is 1. The van der Waals surface area contributed by atoms with Crippen molar-refractivity contribution in [3.8, 4) is 0 Å². The van der Waals surface area contributed by atoms with Crippen molar-refractivity contribution >= 4 is 22.0 Å². The summed E-state index contributed by atoms with van der Waals surface area (Å²) in [5.74, 6) is 1.15. The van der Waals surface area contributed by atoms with Gasteiger partial charge >= 0.3 is 0 Å². The van der Waals surface area contributed by atoms with Crippen LogP contribution < -0.4 is 10.0 Å². The van der Waals surface area contributed by atoms with Gasteiger partial charge in [0.2, 0.25) is 15.9 Å². The first-order valence-electron chi connectivity index (χ1n) is 8.06. The van der Waals surface area contributed by atoms with Crippen LogP contribution in [0.15, 0.2) is 51.8 Å². The molecular formula is C18H20N2O4S. The van der Waals surface area contributed by atoms with E-state index < -0.39 is 10.0 Å². The van der Waals surface area contributed by atoms with Gasteiger partial charge in [0.15, 0.2) is 0 Å². The lowest BCUT2D eigenvalue weighted by Crippen LogP contribution is -2.25. The van der Waals surface area contributed by atoms with Crippen molar-refractivity contribution < 1.29 is 17.6 Å². The number of nitrogens with one attached hydrogen (secondary N) is 2. The highest BCUT2D eigenvalue weighted by molar-refractivity contribution is 7.89. The van der Waals surface area contributed by atoms with E-state index in [2.05, 4.69) is 10.0 Å². The minimum absolute atomic E-state index is 0.0775.